The summed E-state index contributed by atoms with van der Waals surface area (Å²) in [5, 5.41) is 9.10. The molecule has 0 fully saturated rings. The SMILES string of the molecule is CCCNC(=O)[C@H](CC(C)C)NC(=O)[C@@H]1Cc2ccccc2CN1. The van der Waals surface area contributed by atoms with Crippen LogP contribution in [0.3, 0.4) is 0 Å². The van der Waals surface area contributed by atoms with Crippen molar-refractivity contribution in [2.75, 3.05) is 6.54 Å². The van der Waals surface area contributed by atoms with Gasteiger partial charge >= 0.3 is 0 Å². The maximum atomic E-state index is 12.6. The predicted octanol–water partition coefficient (Wildman–Crippen LogP) is 1.76. The molecule has 0 unspecified atom stereocenters. The molecule has 0 bridgehead atoms. The minimum Gasteiger partial charge on any atom is -0.354 e. The fourth-order valence-electron chi connectivity index (χ4n) is 2.99. The lowest BCUT2D eigenvalue weighted by atomic mass is 9.95. The zero-order chi connectivity index (χ0) is 17.5. The van der Waals surface area contributed by atoms with E-state index < -0.39 is 6.04 Å². The van der Waals surface area contributed by atoms with E-state index >= 15 is 0 Å². The van der Waals surface area contributed by atoms with Gasteiger partial charge in [-0.1, -0.05) is 45.0 Å². The van der Waals surface area contributed by atoms with Crippen LogP contribution in [0, 0.1) is 5.92 Å². The minimum absolute atomic E-state index is 0.0879. The smallest absolute Gasteiger partial charge is 0.242 e. The van der Waals surface area contributed by atoms with Gasteiger partial charge in [0.1, 0.15) is 6.04 Å². The molecule has 1 aromatic carbocycles. The highest BCUT2D eigenvalue weighted by Crippen LogP contribution is 2.16. The first kappa shape index (κ1) is 18.5. The minimum atomic E-state index is -0.469. The molecule has 0 radical (unpaired) electrons. The molecule has 5 nitrogen and oxygen atoms in total. The van der Waals surface area contributed by atoms with E-state index in [0.29, 0.717) is 31.8 Å². The van der Waals surface area contributed by atoms with Gasteiger partial charge in [0.15, 0.2) is 0 Å². The van der Waals surface area contributed by atoms with Gasteiger partial charge in [0.05, 0.1) is 6.04 Å². The van der Waals surface area contributed by atoms with E-state index in [1.54, 1.807) is 0 Å². The van der Waals surface area contributed by atoms with E-state index in [1.165, 1.54) is 11.1 Å². The molecule has 0 aromatic heterocycles. The summed E-state index contributed by atoms with van der Waals surface area (Å²) in [6, 6.07) is 7.40. The molecule has 0 spiro atoms. The summed E-state index contributed by atoms with van der Waals surface area (Å²) in [4.78, 5) is 24.9. The predicted molar refractivity (Wildman–Crippen MR) is 95.5 cm³/mol. The average molecular weight is 331 g/mol. The monoisotopic (exact) mass is 331 g/mol. The Labute approximate surface area is 144 Å². The van der Waals surface area contributed by atoms with Crippen molar-refractivity contribution in [2.24, 2.45) is 5.92 Å². The van der Waals surface area contributed by atoms with Gasteiger partial charge in [-0.3, -0.25) is 9.59 Å². The quantitative estimate of drug-likeness (QED) is 0.713. The highest BCUT2D eigenvalue weighted by atomic mass is 16.2. The molecule has 132 valence electrons. The van der Waals surface area contributed by atoms with Crippen LogP contribution < -0.4 is 16.0 Å². The standard InChI is InChI=1S/C19H29N3O2/c1-4-9-20-18(23)17(10-13(2)3)22-19(24)16-11-14-7-5-6-8-15(14)12-21-16/h5-8,13,16-17,21H,4,9-12H2,1-3H3,(H,20,23)(H,22,24)/t16-,17-/m0/s1. The molecule has 2 amide bonds. The van der Waals surface area contributed by atoms with Crippen LogP contribution in [-0.2, 0) is 22.6 Å². The fourth-order valence-corrected chi connectivity index (χ4v) is 2.99. The van der Waals surface area contributed by atoms with E-state index in [-0.39, 0.29) is 17.9 Å². The first-order valence-corrected chi connectivity index (χ1v) is 8.89. The van der Waals surface area contributed by atoms with Crippen molar-refractivity contribution in [3.63, 3.8) is 0 Å². The first-order chi connectivity index (χ1) is 11.5. The van der Waals surface area contributed by atoms with Crippen LogP contribution in [0.2, 0.25) is 0 Å². The third-order valence-electron chi connectivity index (χ3n) is 4.29. The summed E-state index contributed by atoms with van der Waals surface area (Å²) in [5.41, 5.74) is 2.44. The Bertz CT molecular complexity index is 571. The molecular formula is C19H29N3O2. The first-order valence-electron chi connectivity index (χ1n) is 8.89. The Balaban J connectivity index is 1.98. The fraction of sp³-hybridized carbons (Fsp3) is 0.579. The van der Waals surface area contributed by atoms with Crippen LogP contribution in [-0.4, -0.2) is 30.4 Å². The molecule has 3 N–H and O–H groups in total. The second kappa shape index (κ2) is 8.83. The molecule has 2 rings (SSSR count). The van der Waals surface area contributed by atoms with Crippen LogP contribution in [0.1, 0.15) is 44.7 Å². The normalized spacial score (nSPS) is 17.9. The second-order valence-corrected chi connectivity index (χ2v) is 6.89. The van der Waals surface area contributed by atoms with Gasteiger partial charge in [-0.15, -0.1) is 0 Å². The van der Waals surface area contributed by atoms with E-state index in [9.17, 15) is 9.59 Å². The number of hydrogen-bond acceptors (Lipinski definition) is 3. The highest BCUT2D eigenvalue weighted by Gasteiger charge is 2.28. The Hall–Kier alpha value is -1.88. The maximum absolute atomic E-state index is 12.6. The number of fused-ring (bicyclic) bond motifs is 1. The summed E-state index contributed by atoms with van der Waals surface area (Å²) >= 11 is 0. The summed E-state index contributed by atoms with van der Waals surface area (Å²) in [5.74, 6) is 0.152. The summed E-state index contributed by atoms with van der Waals surface area (Å²) in [6.45, 7) is 7.45. The van der Waals surface area contributed by atoms with Crippen molar-refractivity contribution in [3.05, 3.63) is 35.4 Å². The third-order valence-corrected chi connectivity index (χ3v) is 4.29. The molecule has 0 aliphatic carbocycles. The Morgan fingerprint density at radius 1 is 1.25 bits per heavy atom. The molecule has 5 heteroatoms. The van der Waals surface area contributed by atoms with Gasteiger partial charge < -0.3 is 16.0 Å². The summed E-state index contributed by atoms with van der Waals surface area (Å²) < 4.78 is 0. The van der Waals surface area contributed by atoms with Crippen LogP contribution in [0.25, 0.3) is 0 Å². The number of benzene rings is 1. The number of amides is 2. The Morgan fingerprint density at radius 3 is 2.62 bits per heavy atom. The van der Waals surface area contributed by atoms with Gasteiger partial charge in [0.25, 0.3) is 0 Å². The van der Waals surface area contributed by atoms with Crippen molar-refractivity contribution in [1.82, 2.24) is 16.0 Å². The second-order valence-electron chi connectivity index (χ2n) is 6.89. The molecule has 2 atom stereocenters. The van der Waals surface area contributed by atoms with E-state index in [2.05, 4.69) is 41.9 Å². The van der Waals surface area contributed by atoms with Crippen molar-refractivity contribution in [3.8, 4) is 0 Å². The zero-order valence-electron chi connectivity index (χ0n) is 14.9. The van der Waals surface area contributed by atoms with Crippen LogP contribution in [0.5, 0.6) is 0 Å². The number of rotatable bonds is 7. The van der Waals surface area contributed by atoms with Gasteiger partial charge in [0, 0.05) is 13.1 Å². The third kappa shape index (κ3) is 5.06. The topological polar surface area (TPSA) is 70.2 Å². The molecular weight excluding hydrogens is 302 g/mol. The zero-order valence-corrected chi connectivity index (χ0v) is 14.9. The van der Waals surface area contributed by atoms with Crippen molar-refractivity contribution in [1.29, 1.82) is 0 Å². The molecule has 24 heavy (non-hydrogen) atoms. The van der Waals surface area contributed by atoms with Crippen molar-refractivity contribution >= 4 is 11.8 Å². The lowest BCUT2D eigenvalue weighted by Crippen LogP contribution is -2.54. The van der Waals surface area contributed by atoms with Crippen LogP contribution in [0.15, 0.2) is 24.3 Å². The van der Waals surface area contributed by atoms with Gasteiger partial charge in [-0.05, 0) is 36.3 Å². The highest BCUT2D eigenvalue weighted by molar-refractivity contribution is 5.90. The molecule has 1 aliphatic rings. The molecule has 1 aliphatic heterocycles. The van der Waals surface area contributed by atoms with Crippen LogP contribution in [0.4, 0.5) is 0 Å². The van der Waals surface area contributed by atoms with Crippen molar-refractivity contribution < 1.29 is 9.59 Å². The van der Waals surface area contributed by atoms with E-state index in [1.807, 2.05) is 19.1 Å². The number of carbonyl (C=O) groups excluding carboxylic acids is 2. The molecule has 0 saturated carbocycles. The summed E-state index contributed by atoms with van der Waals surface area (Å²) in [7, 11) is 0. The lowest BCUT2D eigenvalue weighted by Gasteiger charge is -2.28. The summed E-state index contributed by atoms with van der Waals surface area (Å²) in [6.07, 6.45) is 2.19. The van der Waals surface area contributed by atoms with E-state index in [4.69, 9.17) is 0 Å². The largest absolute Gasteiger partial charge is 0.354 e. The number of nitrogens with one attached hydrogen (secondary N) is 3. The van der Waals surface area contributed by atoms with E-state index in [0.717, 1.165) is 6.42 Å². The number of hydrogen-bond donors (Lipinski definition) is 3. The van der Waals surface area contributed by atoms with Gasteiger partial charge in [0.2, 0.25) is 11.8 Å². The molecule has 0 saturated heterocycles. The Morgan fingerprint density at radius 2 is 1.96 bits per heavy atom. The van der Waals surface area contributed by atoms with Gasteiger partial charge in [-0.2, -0.15) is 0 Å². The lowest BCUT2D eigenvalue weighted by molar-refractivity contribution is -0.130. The number of carbonyl (C=O) groups is 2. The maximum Gasteiger partial charge on any atom is 0.242 e. The molecule has 1 heterocycles. The molecule has 1 aromatic rings. The van der Waals surface area contributed by atoms with Crippen LogP contribution >= 0.6 is 0 Å². The average Bonchev–Trinajstić information content (AvgIpc) is 2.58. The van der Waals surface area contributed by atoms with Gasteiger partial charge in [-0.25, -0.2) is 0 Å². The van der Waals surface area contributed by atoms with Crippen molar-refractivity contribution in [2.45, 2.75) is 58.7 Å². The Kier molecular flexibility index (Phi) is 6.79.